The summed E-state index contributed by atoms with van der Waals surface area (Å²) >= 11 is 0. The molecule has 0 unspecified atom stereocenters. The van der Waals surface area contributed by atoms with E-state index < -0.39 is 0 Å². The molecule has 1 aromatic heterocycles. The maximum Gasteiger partial charge on any atom is 0.162 e. The van der Waals surface area contributed by atoms with Crippen molar-refractivity contribution in [2.45, 2.75) is 12.8 Å². The quantitative estimate of drug-likeness (QED) is 0.689. The lowest BCUT2D eigenvalue weighted by atomic mass is 10.1. The van der Waals surface area contributed by atoms with Gasteiger partial charge in [0.1, 0.15) is 12.0 Å². The highest BCUT2D eigenvalue weighted by Gasteiger charge is 2.09. The van der Waals surface area contributed by atoms with Gasteiger partial charge in [0.25, 0.3) is 0 Å². The number of rotatable bonds is 4. The Morgan fingerprint density at radius 2 is 1.71 bits per heavy atom. The number of nitrogens with zero attached hydrogens (tertiary/aromatic N) is 2. The summed E-state index contributed by atoms with van der Waals surface area (Å²) in [5, 5.41) is 0.863. The van der Waals surface area contributed by atoms with Crippen molar-refractivity contribution in [3.8, 4) is 23.3 Å². The predicted molar refractivity (Wildman–Crippen MR) is 94.3 cm³/mol. The molecule has 0 atom stereocenters. The number of hydrogen-bond donors (Lipinski definition) is 0. The average Bonchev–Trinajstić information content (AvgIpc) is 2.65. The van der Waals surface area contributed by atoms with Crippen molar-refractivity contribution >= 4 is 10.9 Å². The molecule has 0 spiro atoms. The SMILES string of the molecule is COc1cc2ncnc(C#CCCc3ccccc3)c2cc1OC. The minimum atomic E-state index is 0.645. The van der Waals surface area contributed by atoms with Crippen molar-refractivity contribution < 1.29 is 9.47 Å². The van der Waals surface area contributed by atoms with Crippen LogP contribution in [0.15, 0.2) is 48.8 Å². The van der Waals surface area contributed by atoms with Gasteiger partial charge < -0.3 is 9.47 Å². The smallest absolute Gasteiger partial charge is 0.162 e. The molecular weight excluding hydrogens is 300 g/mol. The fourth-order valence-corrected chi connectivity index (χ4v) is 2.48. The van der Waals surface area contributed by atoms with Gasteiger partial charge in [-0.2, -0.15) is 0 Å². The van der Waals surface area contributed by atoms with Gasteiger partial charge in [-0.3, -0.25) is 0 Å². The van der Waals surface area contributed by atoms with Crippen LogP contribution in [0.4, 0.5) is 0 Å². The van der Waals surface area contributed by atoms with Gasteiger partial charge in [-0.05, 0) is 24.0 Å². The lowest BCUT2D eigenvalue weighted by Crippen LogP contribution is -1.94. The number of ether oxygens (including phenoxy) is 2. The minimum absolute atomic E-state index is 0.645. The second-order valence-electron chi connectivity index (χ2n) is 5.23. The number of aryl methyl sites for hydroxylation is 1. The normalized spacial score (nSPS) is 10.1. The molecule has 0 amide bonds. The van der Waals surface area contributed by atoms with Crippen molar-refractivity contribution in [2.24, 2.45) is 0 Å². The lowest BCUT2D eigenvalue weighted by molar-refractivity contribution is 0.356. The van der Waals surface area contributed by atoms with E-state index in [4.69, 9.17) is 9.47 Å². The number of hydrogen-bond acceptors (Lipinski definition) is 4. The van der Waals surface area contributed by atoms with Crippen LogP contribution >= 0.6 is 0 Å². The highest BCUT2D eigenvalue weighted by Crippen LogP contribution is 2.31. The summed E-state index contributed by atoms with van der Waals surface area (Å²) in [6.45, 7) is 0. The van der Waals surface area contributed by atoms with Gasteiger partial charge in [-0.15, -0.1) is 0 Å². The van der Waals surface area contributed by atoms with Crippen molar-refractivity contribution in [1.29, 1.82) is 0 Å². The molecule has 3 rings (SSSR count). The molecule has 4 heteroatoms. The lowest BCUT2D eigenvalue weighted by Gasteiger charge is -2.09. The first-order valence-corrected chi connectivity index (χ1v) is 7.71. The first kappa shape index (κ1) is 15.8. The molecule has 120 valence electrons. The Morgan fingerprint density at radius 1 is 0.958 bits per heavy atom. The third-order valence-electron chi connectivity index (χ3n) is 3.73. The van der Waals surface area contributed by atoms with Crippen LogP contribution in [0, 0.1) is 11.8 Å². The summed E-state index contributed by atoms with van der Waals surface area (Å²) in [7, 11) is 3.22. The Balaban J connectivity index is 1.86. The molecule has 2 aromatic carbocycles. The maximum absolute atomic E-state index is 5.35. The summed E-state index contributed by atoms with van der Waals surface area (Å²) in [6.07, 6.45) is 3.23. The second-order valence-corrected chi connectivity index (χ2v) is 5.23. The molecule has 1 heterocycles. The van der Waals surface area contributed by atoms with Crippen LogP contribution in [0.25, 0.3) is 10.9 Å². The maximum atomic E-state index is 5.35. The number of methoxy groups -OCH3 is 2. The minimum Gasteiger partial charge on any atom is -0.493 e. The van der Waals surface area contributed by atoms with Crippen molar-refractivity contribution in [3.63, 3.8) is 0 Å². The van der Waals surface area contributed by atoms with Gasteiger partial charge in [0.2, 0.25) is 0 Å². The van der Waals surface area contributed by atoms with Crippen molar-refractivity contribution in [3.05, 3.63) is 60.0 Å². The van der Waals surface area contributed by atoms with E-state index in [2.05, 4.69) is 33.9 Å². The Hall–Kier alpha value is -3.06. The molecule has 0 saturated carbocycles. The number of benzene rings is 2. The highest BCUT2D eigenvalue weighted by molar-refractivity contribution is 5.86. The summed E-state index contributed by atoms with van der Waals surface area (Å²) in [5.41, 5.74) is 2.77. The molecule has 0 aliphatic rings. The first-order valence-electron chi connectivity index (χ1n) is 7.71. The fraction of sp³-hybridized carbons (Fsp3) is 0.200. The van der Waals surface area contributed by atoms with Crippen LogP contribution in [0.3, 0.4) is 0 Å². The third-order valence-corrected chi connectivity index (χ3v) is 3.73. The molecule has 24 heavy (non-hydrogen) atoms. The van der Waals surface area contributed by atoms with Crippen LogP contribution in [0.2, 0.25) is 0 Å². The third kappa shape index (κ3) is 3.47. The van der Waals surface area contributed by atoms with Gasteiger partial charge in [-0.1, -0.05) is 36.3 Å². The van der Waals surface area contributed by atoms with Crippen LogP contribution < -0.4 is 9.47 Å². The molecule has 0 aliphatic heterocycles. The second kappa shape index (κ2) is 7.47. The topological polar surface area (TPSA) is 44.2 Å². The Morgan fingerprint density at radius 3 is 2.46 bits per heavy atom. The van der Waals surface area contributed by atoms with Crippen LogP contribution in [0.1, 0.15) is 17.7 Å². The summed E-state index contributed by atoms with van der Waals surface area (Å²) in [5.74, 6) is 7.64. The monoisotopic (exact) mass is 318 g/mol. The Kier molecular flexibility index (Phi) is 4.93. The van der Waals surface area contributed by atoms with E-state index in [1.54, 1.807) is 14.2 Å². The predicted octanol–water partition coefficient (Wildman–Crippen LogP) is 3.63. The molecule has 0 radical (unpaired) electrons. The number of fused-ring (bicyclic) bond motifs is 1. The van der Waals surface area contributed by atoms with Gasteiger partial charge >= 0.3 is 0 Å². The largest absolute Gasteiger partial charge is 0.493 e. The molecule has 0 saturated heterocycles. The molecule has 0 aliphatic carbocycles. The van der Waals surface area contributed by atoms with Gasteiger partial charge in [0.05, 0.1) is 19.7 Å². The standard InChI is InChI=1S/C20H18N2O2/c1-23-19-12-16-17(21-14-22-18(16)13-20(19)24-2)11-7-6-10-15-8-4-3-5-9-15/h3-5,8-9,12-14H,6,10H2,1-2H3. The average molecular weight is 318 g/mol. The molecule has 0 bridgehead atoms. The van der Waals surface area contributed by atoms with Crippen LogP contribution in [-0.2, 0) is 6.42 Å². The van der Waals surface area contributed by atoms with E-state index in [1.165, 1.54) is 11.9 Å². The van der Waals surface area contributed by atoms with Gasteiger partial charge in [-0.25, -0.2) is 9.97 Å². The summed E-state index contributed by atoms with van der Waals surface area (Å²) < 4.78 is 10.7. The summed E-state index contributed by atoms with van der Waals surface area (Å²) in [4.78, 5) is 8.59. The van der Waals surface area contributed by atoms with E-state index in [9.17, 15) is 0 Å². The van der Waals surface area contributed by atoms with Gasteiger partial charge in [0, 0.05) is 17.9 Å². The van der Waals surface area contributed by atoms with E-state index in [0.29, 0.717) is 17.2 Å². The van der Waals surface area contributed by atoms with E-state index >= 15 is 0 Å². The van der Waals surface area contributed by atoms with E-state index in [0.717, 1.165) is 23.7 Å². The van der Waals surface area contributed by atoms with Crippen LogP contribution in [0.5, 0.6) is 11.5 Å². The molecule has 0 N–H and O–H groups in total. The zero-order valence-corrected chi connectivity index (χ0v) is 13.7. The molecular formula is C20H18N2O2. The van der Waals surface area contributed by atoms with Gasteiger partial charge in [0.15, 0.2) is 11.5 Å². The Labute approximate surface area is 141 Å². The highest BCUT2D eigenvalue weighted by atomic mass is 16.5. The van der Waals surface area contributed by atoms with E-state index in [-0.39, 0.29) is 0 Å². The molecule has 4 nitrogen and oxygen atoms in total. The van der Waals surface area contributed by atoms with E-state index in [1.807, 2.05) is 30.3 Å². The first-order chi connectivity index (χ1) is 11.8. The zero-order valence-electron chi connectivity index (χ0n) is 13.7. The summed E-state index contributed by atoms with van der Waals surface area (Å²) in [6, 6.07) is 14.0. The molecule has 0 fully saturated rings. The van der Waals surface area contributed by atoms with Crippen molar-refractivity contribution in [2.75, 3.05) is 14.2 Å². The van der Waals surface area contributed by atoms with Crippen molar-refractivity contribution in [1.82, 2.24) is 9.97 Å². The zero-order chi connectivity index (χ0) is 16.8. The number of aromatic nitrogens is 2. The van der Waals surface area contributed by atoms with Crippen LogP contribution in [-0.4, -0.2) is 24.2 Å². The Bertz CT molecular complexity index is 896. The fourth-order valence-electron chi connectivity index (χ4n) is 2.48. The molecule has 3 aromatic rings.